The topological polar surface area (TPSA) is 102 Å². The number of esters is 1. The Morgan fingerprint density at radius 1 is 0.913 bits per heavy atom. The van der Waals surface area contributed by atoms with Crippen LogP contribution in [0.4, 0.5) is 9.59 Å². The number of rotatable bonds is 4. The highest BCUT2D eigenvalue weighted by molar-refractivity contribution is 5.89. The van der Waals surface area contributed by atoms with Gasteiger partial charge in [0.1, 0.15) is 5.75 Å². The van der Waals surface area contributed by atoms with Crippen molar-refractivity contribution in [2.75, 3.05) is 0 Å². The fourth-order valence-corrected chi connectivity index (χ4v) is 1.79. The molecular formula is C16H13NO6. The first-order valence-electron chi connectivity index (χ1n) is 6.59. The van der Waals surface area contributed by atoms with Crippen LogP contribution in [-0.4, -0.2) is 23.3 Å². The van der Waals surface area contributed by atoms with Crippen LogP contribution in [0.3, 0.4) is 0 Å². The summed E-state index contributed by atoms with van der Waals surface area (Å²) in [5.41, 5.74) is 0.340. The quantitative estimate of drug-likeness (QED) is 0.511. The van der Waals surface area contributed by atoms with Crippen molar-refractivity contribution in [3.05, 3.63) is 66.2 Å². The zero-order chi connectivity index (χ0) is 16.7. The second-order valence-electron chi connectivity index (χ2n) is 4.38. The molecule has 2 rings (SSSR count). The van der Waals surface area contributed by atoms with Crippen LogP contribution < -0.4 is 10.1 Å². The third kappa shape index (κ3) is 4.85. The normalized spacial score (nSPS) is 11.1. The van der Waals surface area contributed by atoms with Gasteiger partial charge in [-0.3, -0.25) is 0 Å². The Morgan fingerprint density at radius 3 is 2.04 bits per heavy atom. The van der Waals surface area contributed by atoms with E-state index in [1.807, 2.05) is 5.32 Å². The number of ether oxygens (including phenoxy) is 2. The van der Waals surface area contributed by atoms with Crippen molar-refractivity contribution < 1.29 is 29.0 Å². The molecule has 0 saturated heterocycles. The van der Waals surface area contributed by atoms with Gasteiger partial charge >= 0.3 is 18.2 Å². The Kier molecular flexibility index (Phi) is 5.30. The third-order valence-corrected chi connectivity index (χ3v) is 2.76. The van der Waals surface area contributed by atoms with Gasteiger partial charge in [0.15, 0.2) is 6.04 Å². The van der Waals surface area contributed by atoms with Crippen LogP contribution in [0.5, 0.6) is 5.75 Å². The number of hydrogen-bond donors (Lipinski definition) is 2. The van der Waals surface area contributed by atoms with Gasteiger partial charge in [-0.25, -0.2) is 14.4 Å². The van der Waals surface area contributed by atoms with Gasteiger partial charge in [-0.1, -0.05) is 48.5 Å². The maximum Gasteiger partial charge on any atom is 0.521 e. The van der Waals surface area contributed by atoms with Gasteiger partial charge in [0.05, 0.1) is 0 Å². The smallest absolute Gasteiger partial charge is 0.465 e. The van der Waals surface area contributed by atoms with Gasteiger partial charge in [0, 0.05) is 0 Å². The molecule has 23 heavy (non-hydrogen) atoms. The van der Waals surface area contributed by atoms with Crippen molar-refractivity contribution in [3.8, 4) is 5.75 Å². The zero-order valence-corrected chi connectivity index (χ0v) is 11.8. The van der Waals surface area contributed by atoms with Crippen LogP contribution in [0, 0.1) is 0 Å². The van der Waals surface area contributed by atoms with Crippen LogP contribution in [-0.2, 0) is 9.53 Å². The minimum absolute atomic E-state index is 0.202. The molecule has 118 valence electrons. The van der Waals surface area contributed by atoms with Crippen molar-refractivity contribution in [2.45, 2.75) is 6.04 Å². The van der Waals surface area contributed by atoms with Crippen molar-refractivity contribution in [2.24, 2.45) is 0 Å². The lowest BCUT2D eigenvalue weighted by atomic mass is 10.1. The molecule has 2 aromatic rings. The predicted octanol–water partition coefficient (Wildman–Crippen LogP) is 2.74. The second kappa shape index (κ2) is 7.60. The predicted molar refractivity (Wildman–Crippen MR) is 78.9 cm³/mol. The van der Waals surface area contributed by atoms with Gasteiger partial charge in [-0.15, -0.1) is 0 Å². The lowest BCUT2D eigenvalue weighted by Gasteiger charge is -2.15. The summed E-state index contributed by atoms with van der Waals surface area (Å²) in [5, 5.41) is 10.8. The fraction of sp³-hybridized carbons (Fsp3) is 0.0625. The molecule has 0 spiro atoms. The number of para-hydroxylation sites is 1. The van der Waals surface area contributed by atoms with Crippen molar-refractivity contribution in [3.63, 3.8) is 0 Å². The highest BCUT2D eigenvalue weighted by Crippen LogP contribution is 2.16. The first-order valence-corrected chi connectivity index (χ1v) is 6.59. The maximum atomic E-state index is 12.0. The number of hydrogen-bond acceptors (Lipinski definition) is 5. The van der Waals surface area contributed by atoms with Crippen LogP contribution in [0.25, 0.3) is 0 Å². The van der Waals surface area contributed by atoms with Gasteiger partial charge in [-0.2, -0.15) is 0 Å². The molecule has 0 radical (unpaired) electrons. The summed E-state index contributed by atoms with van der Waals surface area (Å²) < 4.78 is 9.36. The molecule has 0 saturated carbocycles. The van der Waals surface area contributed by atoms with Crippen LogP contribution in [0.15, 0.2) is 60.7 Å². The Bertz CT molecular complexity index is 686. The largest absolute Gasteiger partial charge is 0.521 e. The van der Waals surface area contributed by atoms with E-state index < -0.39 is 24.3 Å². The minimum atomic E-state index is -1.42. The van der Waals surface area contributed by atoms with E-state index in [1.165, 1.54) is 24.3 Å². The van der Waals surface area contributed by atoms with E-state index in [9.17, 15) is 14.4 Å². The van der Waals surface area contributed by atoms with E-state index in [1.54, 1.807) is 36.4 Å². The number of carbonyl (C=O) groups excluding carboxylic acids is 2. The third-order valence-electron chi connectivity index (χ3n) is 2.76. The molecule has 1 amide bonds. The van der Waals surface area contributed by atoms with Crippen LogP contribution in [0.2, 0.25) is 0 Å². The first-order chi connectivity index (χ1) is 11.1. The molecule has 0 fully saturated rings. The number of carbonyl (C=O) groups is 3. The summed E-state index contributed by atoms with van der Waals surface area (Å²) in [6.45, 7) is 0. The number of nitrogens with one attached hydrogen (secondary N) is 1. The van der Waals surface area contributed by atoms with E-state index in [0.29, 0.717) is 5.56 Å². The SMILES string of the molecule is O=C(O)N[C@H](C(=O)OC(=O)Oc1ccccc1)c1ccccc1. The van der Waals surface area contributed by atoms with Crippen molar-refractivity contribution in [1.29, 1.82) is 0 Å². The standard InChI is InChI=1S/C16H13NO6/c18-14(23-16(21)22-12-9-5-2-6-10-12)13(17-15(19)20)11-7-3-1-4-8-11/h1-10,13,17H,(H,19,20)/t13-/m0/s1. The van der Waals surface area contributed by atoms with E-state index >= 15 is 0 Å². The molecular weight excluding hydrogens is 302 g/mol. The maximum absolute atomic E-state index is 12.0. The Labute approximate surface area is 131 Å². The van der Waals surface area contributed by atoms with Crippen LogP contribution in [0.1, 0.15) is 11.6 Å². The molecule has 0 aliphatic heterocycles. The van der Waals surface area contributed by atoms with Crippen molar-refractivity contribution >= 4 is 18.2 Å². The van der Waals surface area contributed by atoms with Gasteiger partial charge in [-0.05, 0) is 17.7 Å². The Morgan fingerprint density at radius 2 is 1.48 bits per heavy atom. The zero-order valence-electron chi connectivity index (χ0n) is 11.8. The molecule has 7 heteroatoms. The Balaban J connectivity index is 2.05. The summed E-state index contributed by atoms with van der Waals surface area (Å²) in [4.78, 5) is 34.5. The average molecular weight is 315 g/mol. The molecule has 2 N–H and O–H groups in total. The average Bonchev–Trinajstić information content (AvgIpc) is 2.54. The fourth-order valence-electron chi connectivity index (χ4n) is 1.79. The molecule has 0 aliphatic rings. The Hall–Kier alpha value is -3.35. The van der Waals surface area contributed by atoms with E-state index in [0.717, 1.165) is 0 Å². The highest BCUT2D eigenvalue weighted by Gasteiger charge is 2.27. The lowest BCUT2D eigenvalue weighted by molar-refractivity contribution is -0.141. The van der Waals surface area contributed by atoms with Crippen molar-refractivity contribution in [1.82, 2.24) is 5.32 Å². The number of carboxylic acid groups (broad SMARTS) is 1. The minimum Gasteiger partial charge on any atom is -0.465 e. The van der Waals surface area contributed by atoms with Gasteiger partial charge < -0.3 is 19.9 Å². The summed E-state index contributed by atoms with van der Waals surface area (Å²) in [6.07, 6.45) is -2.67. The molecule has 0 unspecified atom stereocenters. The number of amides is 1. The van der Waals surface area contributed by atoms with E-state index in [2.05, 4.69) is 4.74 Å². The molecule has 2 aromatic carbocycles. The number of benzene rings is 2. The van der Waals surface area contributed by atoms with E-state index in [-0.39, 0.29) is 5.75 Å². The molecule has 0 aromatic heterocycles. The highest BCUT2D eigenvalue weighted by atomic mass is 16.7. The lowest BCUT2D eigenvalue weighted by Crippen LogP contribution is -2.35. The molecule has 0 aliphatic carbocycles. The molecule has 0 bridgehead atoms. The molecule has 1 atom stereocenters. The monoisotopic (exact) mass is 315 g/mol. The van der Waals surface area contributed by atoms with E-state index in [4.69, 9.17) is 9.84 Å². The summed E-state index contributed by atoms with van der Waals surface area (Å²) >= 11 is 0. The van der Waals surface area contributed by atoms with Gasteiger partial charge in [0.25, 0.3) is 0 Å². The van der Waals surface area contributed by atoms with Crippen LogP contribution >= 0.6 is 0 Å². The second-order valence-corrected chi connectivity index (χ2v) is 4.38. The molecule has 0 heterocycles. The van der Waals surface area contributed by atoms with Gasteiger partial charge in [0.2, 0.25) is 0 Å². The summed E-state index contributed by atoms with van der Waals surface area (Å²) in [7, 11) is 0. The first kappa shape index (κ1) is 16.0. The summed E-state index contributed by atoms with van der Waals surface area (Å²) in [6, 6.07) is 14.7. The molecule has 7 nitrogen and oxygen atoms in total. The summed E-state index contributed by atoms with van der Waals surface area (Å²) in [5.74, 6) is -0.882.